The zero-order valence-electron chi connectivity index (χ0n) is 13.8. The summed E-state index contributed by atoms with van der Waals surface area (Å²) in [4.78, 5) is 0. The molecule has 0 heterocycles. The summed E-state index contributed by atoms with van der Waals surface area (Å²) in [5.74, 6) is 0. The highest BCUT2D eigenvalue weighted by Gasteiger charge is 1.92. The van der Waals surface area contributed by atoms with Gasteiger partial charge in [0.25, 0.3) is 0 Å². The molecule has 0 aromatic carbocycles. The first-order valence-electron chi connectivity index (χ1n) is 8.86. The molecule has 0 aliphatic carbocycles. The molecule has 0 aliphatic heterocycles. The van der Waals surface area contributed by atoms with Crippen LogP contribution in [0.4, 0.5) is 0 Å². The Morgan fingerprint density at radius 1 is 0.619 bits per heavy atom. The van der Waals surface area contributed by atoms with Gasteiger partial charge in [0.1, 0.15) is 0 Å². The highest BCUT2D eigenvalue weighted by atomic mass is 14.0. The van der Waals surface area contributed by atoms with Gasteiger partial charge in [0.2, 0.25) is 0 Å². The molecule has 0 atom stereocenters. The van der Waals surface area contributed by atoms with Gasteiger partial charge in [-0.05, 0) is 12.8 Å². The van der Waals surface area contributed by atoms with Gasteiger partial charge in [-0.25, -0.2) is 0 Å². The average molecular weight is 293 g/mol. The smallest absolute Gasteiger partial charge is 0.0348 e. The molecule has 0 unspecified atom stereocenters. The minimum Gasteiger partial charge on any atom is -0.0991 e. The van der Waals surface area contributed by atoms with Crippen molar-refractivity contribution in [3.05, 3.63) is 37.0 Å². The summed E-state index contributed by atoms with van der Waals surface area (Å²) in [6, 6.07) is 0. The van der Waals surface area contributed by atoms with Gasteiger partial charge in [-0.3, -0.25) is 0 Å². The van der Waals surface area contributed by atoms with Gasteiger partial charge >= 0.3 is 0 Å². The molecule has 0 nitrogen and oxygen atoms in total. The first-order valence-corrected chi connectivity index (χ1v) is 8.86. The van der Waals surface area contributed by atoms with E-state index in [4.69, 9.17) is 0 Å². The van der Waals surface area contributed by atoms with Crippen LogP contribution in [0.5, 0.6) is 0 Å². The van der Waals surface area contributed by atoms with Crippen molar-refractivity contribution in [2.24, 2.45) is 0 Å². The summed E-state index contributed by atoms with van der Waals surface area (Å²) in [5, 5.41) is 0. The molecular weight excluding hydrogens is 252 g/mol. The lowest BCUT2D eigenvalue weighted by Gasteiger charge is -2.02. The molecule has 0 fully saturated rings. The van der Waals surface area contributed by atoms with E-state index in [2.05, 4.69) is 25.7 Å². The zero-order chi connectivity index (χ0) is 14.7. The Morgan fingerprint density at radius 2 is 1.10 bits per heavy atom. The van der Waals surface area contributed by atoms with E-state index in [-0.39, 0.29) is 7.43 Å². The summed E-state index contributed by atoms with van der Waals surface area (Å²) >= 11 is 0. The molecule has 0 bridgehead atoms. The standard InChI is InChI=1S/C20H36.CH4/c1-3-5-7-9-11-13-15-17-19-20-18-16-14-12-10-8-6-4-2;/h3,5,7,9,11H,1,4,6,8,10,12-20H2,2H3;1H4. The van der Waals surface area contributed by atoms with Crippen molar-refractivity contribution in [3.63, 3.8) is 0 Å². The monoisotopic (exact) mass is 292 g/mol. The van der Waals surface area contributed by atoms with Crippen molar-refractivity contribution in [2.75, 3.05) is 0 Å². The van der Waals surface area contributed by atoms with Crippen LogP contribution in [0.1, 0.15) is 97.8 Å². The Balaban J connectivity index is 0. The van der Waals surface area contributed by atoms with E-state index in [0.717, 1.165) is 0 Å². The van der Waals surface area contributed by atoms with E-state index < -0.39 is 0 Å². The number of allylic oxidation sites excluding steroid dienone is 5. The molecule has 0 aliphatic rings. The predicted molar refractivity (Wildman–Crippen MR) is 101 cm³/mol. The molecule has 0 heteroatoms. The molecule has 0 N–H and O–H groups in total. The number of hydrogen-bond donors (Lipinski definition) is 0. The summed E-state index contributed by atoms with van der Waals surface area (Å²) in [7, 11) is 0. The van der Waals surface area contributed by atoms with E-state index in [0.29, 0.717) is 0 Å². The van der Waals surface area contributed by atoms with Gasteiger partial charge in [0.05, 0.1) is 0 Å². The van der Waals surface area contributed by atoms with Gasteiger partial charge in [0, 0.05) is 0 Å². The molecule has 0 spiro atoms. The molecule has 0 rings (SSSR count). The third-order valence-electron chi connectivity index (χ3n) is 3.72. The van der Waals surface area contributed by atoms with Gasteiger partial charge < -0.3 is 0 Å². The van der Waals surface area contributed by atoms with Crippen LogP contribution in [-0.4, -0.2) is 0 Å². The molecule has 0 amide bonds. The minimum absolute atomic E-state index is 0. The average Bonchev–Trinajstić information content (AvgIpc) is 2.47. The lowest BCUT2D eigenvalue weighted by molar-refractivity contribution is 0.545. The fraction of sp³-hybridized carbons (Fsp3) is 0.714. The maximum absolute atomic E-state index is 3.65. The number of unbranched alkanes of at least 4 members (excludes halogenated alkanes) is 12. The van der Waals surface area contributed by atoms with Gasteiger partial charge in [-0.1, -0.05) is 122 Å². The number of rotatable bonds is 15. The molecule has 124 valence electrons. The van der Waals surface area contributed by atoms with E-state index in [1.165, 1.54) is 83.5 Å². The number of hydrogen-bond acceptors (Lipinski definition) is 0. The highest BCUT2D eigenvalue weighted by molar-refractivity contribution is 5.08. The van der Waals surface area contributed by atoms with Crippen LogP contribution in [0, 0.1) is 0 Å². The van der Waals surface area contributed by atoms with E-state index in [9.17, 15) is 0 Å². The third-order valence-corrected chi connectivity index (χ3v) is 3.72. The normalized spacial score (nSPS) is 11.1. The van der Waals surface area contributed by atoms with Gasteiger partial charge in [-0.15, -0.1) is 0 Å². The molecule has 0 saturated carbocycles. The van der Waals surface area contributed by atoms with Gasteiger partial charge in [-0.2, -0.15) is 0 Å². The molecule has 0 aromatic heterocycles. The summed E-state index contributed by atoms with van der Waals surface area (Å²) in [6.07, 6.45) is 28.6. The maximum Gasteiger partial charge on any atom is -0.0348 e. The zero-order valence-corrected chi connectivity index (χ0v) is 13.8. The molecule has 21 heavy (non-hydrogen) atoms. The van der Waals surface area contributed by atoms with Crippen LogP contribution in [0.25, 0.3) is 0 Å². The Labute approximate surface area is 135 Å². The summed E-state index contributed by atoms with van der Waals surface area (Å²) < 4.78 is 0. The van der Waals surface area contributed by atoms with Crippen LogP contribution in [0.3, 0.4) is 0 Å². The van der Waals surface area contributed by atoms with Crippen molar-refractivity contribution in [3.8, 4) is 0 Å². The SMILES string of the molecule is C.C=CC=CC=CCCCCCCCCCCCCCC. The molecule has 0 radical (unpaired) electrons. The first-order chi connectivity index (χ1) is 9.91. The van der Waals surface area contributed by atoms with E-state index >= 15 is 0 Å². The fourth-order valence-electron chi connectivity index (χ4n) is 2.42. The van der Waals surface area contributed by atoms with Crippen molar-refractivity contribution in [2.45, 2.75) is 97.8 Å². The largest absolute Gasteiger partial charge is 0.0991 e. The first kappa shape index (κ1) is 22.5. The minimum atomic E-state index is 0. The molecular formula is C21H40. The quantitative estimate of drug-likeness (QED) is 0.212. The topological polar surface area (TPSA) is 0 Å². The van der Waals surface area contributed by atoms with Crippen molar-refractivity contribution >= 4 is 0 Å². The maximum atomic E-state index is 3.65. The molecule has 0 aromatic rings. The second-order valence-corrected chi connectivity index (χ2v) is 5.73. The molecule has 0 saturated heterocycles. The van der Waals surface area contributed by atoms with Crippen LogP contribution < -0.4 is 0 Å². The Bertz CT molecular complexity index is 234. The van der Waals surface area contributed by atoms with Crippen LogP contribution in [-0.2, 0) is 0 Å². The lowest BCUT2D eigenvalue weighted by Crippen LogP contribution is -1.82. The van der Waals surface area contributed by atoms with Gasteiger partial charge in [0.15, 0.2) is 0 Å². The Kier molecular flexibility index (Phi) is 23.1. The Morgan fingerprint density at radius 3 is 1.57 bits per heavy atom. The predicted octanol–water partition coefficient (Wildman–Crippen LogP) is 8.01. The third kappa shape index (κ3) is 21.7. The van der Waals surface area contributed by atoms with Crippen LogP contribution in [0.2, 0.25) is 0 Å². The summed E-state index contributed by atoms with van der Waals surface area (Å²) in [5.41, 5.74) is 0. The van der Waals surface area contributed by atoms with Crippen molar-refractivity contribution in [1.29, 1.82) is 0 Å². The van der Waals surface area contributed by atoms with E-state index in [1.807, 2.05) is 18.2 Å². The highest BCUT2D eigenvalue weighted by Crippen LogP contribution is 2.12. The summed E-state index contributed by atoms with van der Waals surface area (Å²) in [6.45, 7) is 5.93. The lowest BCUT2D eigenvalue weighted by atomic mass is 10.0. The van der Waals surface area contributed by atoms with Crippen LogP contribution >= 0.6 is 0 Å². The van der Waals surface area contributed by atoms with Crippen LogP contribution in [0.15, 0.2) is 37.0 Å². The van der Waals surface area contributed by atoms with Crippen molar-refractivity contribution < 1.29 is 0 Å². The second kappa shape index (κ2) is 21.5. The Hall–Kier alpha value is -0.780. The van der Waals surface area contributed by atoms with E-state index in [1.54, 1.807) is 0 Å². The fourth-order valence-corrected chi connectivity index (χ4v) is 2.42. The second-order valence-electron chi connectivity index (χ2n) is 5.73. The van der Waals surface area contributed by atoms with Crippen molar-refractivity contribution in [1.82, 2.24) is 0 Å².